The number of ether oxygens (including phenoxy) is 2. The van der Waals surface area contributed by atoms with Gasteiger partial charge in [0.15, 0.2) is 5.78 Å². The van der Waals surface area contributed by atoms with E-state index in [4.69, 9.17) is 9.47 Å². The number of nitrogens with zero attached hydrogens (tertiary/aromatic N) is 5. The van der Waals surface area contributed by atoms with Crippen molar-refractivity contribution < 1.29 is 28.6 Å². The number of nitriles is 1. The Balaban J connectivity index is 2.94. The Labute approximate surface area is 153 Å². The molecule has 0 radical (unpaired) electrons. The maximum absolute atomic E-state index is 13.0. The third-order valence-corrected chi connectivity index (χ3v) is 3.81. The van der Waals surface area contributed by atoms with E-state index in [1.807, 2.05) is 6.07 Å². The van der Waals surface area contributed by atoms with Gasteiger partial charge in [-0.15, -0.1) is 0 Å². The second kappa shape index (κ2) is 7.63. The number of carbonyl (C=O) groups is 3. The number of ketones is 1. The fourth-order valence-electron chi connectivity index (χ4n) is 2.76. The van der Waals surface area contributed by atoms with E-state index >= 15 is 0 Å². The minimum atomic E-state index is -2.36. The Morgan fingerprint density at radius 2 is 2.04 bits per heavy atom. The van der Waals surface area contributed by atoms with Crippen LogP contribution in [-0.2, 0) is 29.4 Å². The van der Waals surface area contributed by atoms with Gasteiger partial charge in [0.2, 0.25) is 0 Å². The summed E-state index contributed by atoms with van der Waals surface area (Å²) in [6.07, 6.45) is 2.27. The van der Waals surface area contributed by atoms with Gasteiger partial charge in [-0.25, -0.2) is 14.3 Å². The lowest BCUT2D eigenvalue weighted by molar-refractivity contribution is -0.155. The minimum absolute atomic E-state index is 0.0148. The minimum Gasteiger partial charge on any atom is -0.463 e. The van der Waals surface area contributed by atoms with Crippen LogP contribution >= 0.6 is 0 Å². The lowest BCUT2D eigenvalue weighted by atomic mass is 9.81. The number of rotatable bonds is 6. The summed E-state index contributed by atoms with van der Waals surface area (Å²) in [5.41, 5.74) is 6.13. The predicted octanol–water partition coefficient (Wildman–Crippen LogP) is 0.145. The number of anilines is 1. The molecule has 11 nitrogen and oxygen atoms in total. The molecule has 0 fully saturated rings. The topological polar surface area (TPSA) is 160 Å². The molecule has 1 aliphatic heterocycles. The monoisotopic (exact) mass is 372 g/mol. The van der Waals surface area contributed by atoms with Crippen LogP contribution in [0.2, 0.25) is 0 Å². The number of esters is 2. The first-order valence-corrected chi connectivity index (χ1v) is 7.93. The molecule has 0 amide bonds. The summed E-state index contributed by atoms with van der Waals surface area (Å²) in [5, 5.41) is 15.9. The molecule has 2 heterocycles. The number of Topliss-reactive ketones (excluding diaryl/α,β-unsaturated/α-hetero) is 1. The van der Waals surface area contributed by atoms with E-state index in [-0.39, 0.29) is 30.2 Å². The van der Waals surface area contributed by atoms with Gasteiger partial charge >= 0.3 is 17.7 Å². The van der Waals surface area contributed by atoms with E-state index < -0.39 is 29.0 Å². The van der Waals surface area contributed by atoms with E-state index in [1.165, 1.54) is 13.8 Å². The van der Waals surface area contributed by atoms with Crippen LogP contribution < -0.4 is 5.32 Å². The second-order valence-corrected chi connectivity index (χ2v) is 5.29. The van der Waals surface area contributed by atoms with Crippen molar-refractivity contribution in [3.05, 3.63) is 29.1 Å². The summed E-state index contributed by atoms with van der Waals surface area (Å²) in [6.45, 7) is 4.02. The summed E-state index contributed by atoms with van der Waals surface area (Å²) in [7, 11) is 0. The van der Waals surface area contributed by atoms with E-state index in [9.17, 15) is 25.2 Å². The van der Waals surface area contributed by atoms with E-state index in [2.05, 4.69) is 15.2 Å². The normalized spacial score (nSPS) is 17.3. The van der Waals surface area contributed by atoms with Crippen molar-refractivity contribution >= 4 is 29.3 Å². The van der Waals surface area contributed by atoms with E-state index in [0.717, 1.165) is 24.0 Å². The summed E-state index contributed by atoms with van der Waals surface area (Å²) in [4.78, 5) is 40.7. The SMILES string of the molecule is CCOC(=O)C(=[N+]=[N-])C1(C(=O)OCC)C(C(C)=O)=CNc2c(C#N)cnn21. The van der Waals surface area contributed by atoms with Crippen molar-refractivity contribution in [2.24, 2.45) is 0 Å². The van der Waals surface area contributed by atoms with Crippen molar-refractivity contribution in [1.29, 1.82) is 5.26 Å². The van der Waals surface area contributed by atoms with Crippen molar-refractivity contribution in [2.75, 3.05) is 18.5 Å². The van der Waals surface area contributed by atoms with Crippen molar-refractivity contribution in [3.8, 4) is 6.07 Å². The number of aromatic nitrogens is 2. The fourth-order valence-corrected chi connectivity index (χ4v) is 2.76. The maximum atomic E-state index is 13.0. The van der Waals surface area contributed by atoms with Crippen LogP contribution in [-0.4, -0.2) is 51.2 Å². The van der Waals surface area contributed by atoms with Gasteiger partial charge in [-0.2, -0.15) is 15.2 Å². The molecule has 0 spiro atoms. The van der Waals surface area contributed by atoms with Crippen LogP contribution in [0.4, 0.5) is 5.82 Å². The van der Waals surface area contributed by atoms with Crippen LogP contribution in [0.3, 0.4) is 0 Å². The van der Waals surface area contributed by atoms with Gasteiger partial charge in [0.05, 0.1) is 25.0 Å². The van der Waals surface area contributed by atoms with Gasteiger partial charge in [-0.05, 0) is 20.8 Å². The highest BCUT2D eigenvalue weighted by molar-refractivity contribution is 6.43. The molecule has 1 N–H and O–H groups in total. The number of hydrogen-bond donors (Lipinski definition) is 1. The molecular weight excluding hydrogens is 356 g/mol. The summed E-state index contributed by atoms with van der Waals surface area (Å²) >= 11 is 0. The largest absolute Gasteiger partial charge is 0.463 e. The third-order valence-electron chi connectivity index (χ3n) is 3.81. The molecule has 0 bridgehead atoms. The summed E-state index contributed by atoms with van der Waals surface area (Å²) in [6, 6.07) is 1.87. The van der Waals surface area contributed by atoms with Crippen molar-refractivity contribution in [3.63, 3.8) is 0 Å². The highest BCUT2D eigenvalue weighted by Gasteiger charge is 2.64. The Morgan fingerprint density at radius 3 is 2.56 bits per heavy atom. The zero-order valence-electron chi connectivity index (χ0n) is 14.8. The molecule has 11 heteroatoms. The highest BCUT2D eigenvalue weighted by Crippen LogP contribution is 2.37. The van der Waals surface area contributed by atoms with Crippen LogP contribution in [0.5, 0.6) is 0 Å². The van der Waals surface area contributed by atoms with Crippen molar-refractivity contribution in [2.45, 2.75) is 26.3 Å². The number of carbonyl (C=O) groups excluding carboxylic acids is 3. The molecule has 0 saturated heterocycles. The van der Waals surface area contributed by atoms with Gasteiger partial charge in [0.1, 0.15) is 17.5 Å². The average Bonchev–Trinajstić information content (AvgIpc) is 3.06. The van der Waals surface area contributed by atoms with Crippen LogP contribution in [0.1, 0.15) is 26.3 Å². The Bertz CT molecular complexity index is 934. The van der Waals surface area contributed by atoms with Crippen LogP contribution in [0, 0.1) is 11.3 Å². The van der Waals surface area contributed by atoms with Gasteiger partial charge < -0.3 is 20.3 Å². The van der Waals surface area contributed by atoms with Crippen LogP contribution in [0.15, 0.2) is 18.0 Å². The number of nitrogens with one attached hydrogen (secondary N) is 1. The van der Waals surface area contributed by atoms with E-state index in [1.54, 1.807) is 0 Å². The zero-order chi connectivity index (χ0) is 20.2. The van der Waals surface area contributed by atoms with Gasteiger partial charge in [0, 0.05) is 6.20 Å². The molecule has 0 aliphatic carbocycles. The fraction of sp³-hybridized carbons (Fsp3) is 0.375. The molecule has 1 atom stereocenters. The zero-order valence-corrected chi connectivity index (χ0v) is 14.8. The summed E-state index contributed by atoms with van der Waals surface area (Å²) in [5.74, 6) is -2.86. The second-order valence-electron chi connectivity index (χ2n) is 5.29. The van der Waals surface area contributed by atoms with Crippen LogP contribution in [0.25, 0.3) is 5.53 Å². The lowest BCUT2D eigenvalue weighted by Crippen LogP contribution is -2.58. The number of hydrogen-bond acceptors (Lipinski definition) is 8. The third kappa shape index (κ3) is 2.88. The molecule has 0 aromatic carbocycles. The Hall–Kier alpha value is -3.77. The molecule has 1 aromatic rings. The molecule has 2 rings (SSSR count). The highest BCUT2D eigenvalue weighted by atomic mass is 16.5. The van der Waals surface area contributed by atoms with E-state index in [0.29, 0.717) is 0 Å². The molecule has 1 unspecified atom stereocenters. The van der Waals surface area contributed by atoms with Gasteiger partial charge in [0.25, 0.3) is 5.54 Å². The lowest BCUT2D eigenvalue weighted by Gasteiger charge is -2.32. The first-order chi connectivity index (χ1) is 12.9. The Kier molecular flexibility index (Phi) is 5.53. The molecule has 0 saturated carbocycles. The quantitative estimate of drug-likeness (QED) is 0.319. The van der Waals surface area contributed by atoms with Gasteiger partial charge in [-0.3, -0.25) is 4.79 Å². The maximum Gasteiger partial charge on any atom is 0.420 e. The smallest absolute Gasteiger partial charge is 0.420 e. The first-order valence-electron chi connectivity index (χ1n) is 7.93. The van der Waals surface area contributed by atoms with Gasteiger partial charge in [-0.1, -0.05) is 0 Å². The Morgan fingerprint density at radius 1 is 1.37 bits per heavy atom. The molecule has 27 heavy (non-hydrogen) atoms. The molecule has 1 aliphatic rings. The first kappa shape index (κ1) is 19.6. The van der Waals surface area contributed by atoms with Crippen molar-refractivity contribution in [1.82, 2.24) is 9.78 Å². The number of fused-ring (bicyclic) bond motifs is 1. The molecule has 140 valence electrons. The molecular formula is C16H16N6O5. The predicted molar refractivity (Wildman–Crippen MR) is 89.2 cm³/mol. The average molecular weight is 372 g/mol. The molecule has 1 aromatic heterocycles. The summed E-state index contributed by atoms with van der Waals surface area (Å²) < 4.78 is 10.9. The standard InChI is InChI=1S/C16H16N6O5/c1-4-26-14(24)12(21-18)16(15(25)27-5-2)11(9(3)23)8-19-13-10(6-17)7-20-22(13)16/h7-8,19H,4-5H2,1-3H3.